The average molecular weight is 194 g/mol. The maximum absolute atomic E-state index is 11.0. The van der Waals surface area contributed by atoms with Gasteiger partial charge in [-0.25, -0.2) is 4.98 Å². The highest BCUT2D eigenvalue weighted by Crippen LogP contribution is 2.20. The highest BCUT2D eigenvalue weighted by atomic mass is 16.5. The van der Waals surface area contributed by atoms with Crippen molar-refractivity contribution in [3.8, 4) is 6.01 Å². The fraction of sp³-hybridized carbons (Fsp3) is 0.600. The quantitative estimate of drug-likeness (QED) is 0.775. The predicted octanol–water partition coefficient (Wildman–Crippen LogP) is 1.48. The third kappa shape index (κ3) is 2.34. The second-order valence-electron chi connectivity index (χ2n) is 3.62. The van der Waals surface area contributed by atoms with Crippen molar-refractivity contribution < 1.29 is 4.74 Å². The summed E-state index contributed by atoms with van der Waals surface area (Å²) >= 11 is 0. The van der Waals surface area contributed by atoms with E-state index in [0.29, 0.717) is 6.01 Å². The lowest BCUT2D eigenvalue weighted by Crippen LogP contribution is -2.22. The van der Waals surface area contributed by atoms with Gasteiger partial charge >= 0.3 is 0 Å². The SMILES string of the molecule is O=c1ccnc(OC2CCCCC2)[nH]1. The summed E-state index contributed by atoms with van der Waals surface area (Å²) in [6, 6.07) is 1.73. The minimum absolute atomic E-state index is 0.161. The molecule has 0 aliphatic heterocycles. The molecule has 1 aliphatic carbocycles. The Morgan fingerprint density at radius 3 is 2.86 bits per heavy atom. The monoisotopic (exact) mass is 194 g/mol. The van der Waals surface area contributed by atoms with Gasteiger partial charge in [0, 0.05) is 12.3 Å². The van der Waals surface area contributed by atoms with E-state index in [0.717, 1.165) is 12.8 Å². The zero-order valence-corrected chi connectivity index (χ0v) is 8.03. The molecule has 4 nitrogen and oxygen atoms in total. The normalized spacial score (nSPS) is 18.0. The Morgan fingerprint density at radius 1 is 1.36 bits per heavy atom. The maximum Gasteiger partial charge on any atom is 0.296 e. The number of hydrogen-bond acceptors (Lipinski definition) is 3. The summed E-state index contributed by atoms with van der Waals surface area (Å²) in [7, 11) is 0. The van der Waals surface area contributed by atoms with Crippen LogP contribution in [0.15, 0.2) is 17.1 Å². The molecule has 0 bridgehead atoms. The number of hydrogen-bond donors (Lipinski definition) is 1. The Hall–Kier alpha value is -1.32. The number of ether oxygens (including phenoxy) is 1. The Balaban J connectivity index is 1.99. The molecule has 0 atom stereocenters. The molecule has 0 spiro atoms. The lowest BCUT2D eigenvalue weighted by atomic mass is 9.98. The first-order chi connectivity index (χ1) is 6.84. The number of nitrogens with zero attached hydrogens (tertiary/aromatic N) is 1. The van der Waals surface area contributed by atoms with Crippen LogP contribution in [-0.2, 0) is 0 Å². The van der Waals surface area contributed by atoms with E-state index in [1.54, 1.807) is 0 Å². The van der Waals surface area contributed by atoms with E-state index in [1.807, 2.05) is 0 Å². The largest absolute Gasteiger partial charge is 0.461 e. The second kappa shape index (κ2) is 4.26. The molecule has 0 saturated heterocycles. The molecule has 1 N–H and O–H groups in total. The number of H-pyrrole nitrogens is 1. The van der Waals surface area contributed by atoms with Crippen molar-refractivity contribution in [1.82, 2.24) is 9.97 Å². The predicted molar refractivity (Wildman–Crippen MR) is 52.4 cm³/mol. The van der Waals surface area contributed by atoms with Crippen LogP contribution < -0.4 is 10.3 Å². The first-order valence-corrected chi connectivity index (χ1v) is 5.06. The molecule has 1 saturated carbocycles. The van der Waals surface area contributed by atoms with Crippen LogP contribution >= 0.6 is 0 Å². The lowest BCUT2D eigenvalue weighted by Gasteiger charge is -2.21. The Labute approximate surface area is 82.3 Å². The number of aromatic nitrogens is 2. The average Bonchev–Trinajstić information content (AvgIpc) is 2.19. The molecule has 14 heavy (non-hydrogen) atoms. The van der Waals surface area contributed by atoms with Crippen LogP contribution in [0.25, 0.3) is 0 Å². The van der Waals surface area contributed by atoms with Crippen molar-refractivity contribution in [2.45, 2.75) is 38.2 Å². The van der Waals surface area contributed by atoms with Gasteiger partial charge in [0.25, 0.3) is 11.6 Å². The van der Waals surface area contributed by atoms with Crippen LogP contribution in [0.2, 0.25) is 0 Å². The zero-order valence-electron chi connectivity index (χ0n) is 8.03. The Morgan fingerprint density at radius 2 is 2.14 bits per heavy atom. The van der Waals surface area contributed by atoms with Crippen molar-refractivity contribution in [2.75, 3.05) is 0 Å². The summed E-state index contributed by atoms with van der Waals surface area (Å²) < 4.78 is 5.57. The molecule has 0 radical (unpaired) electrons. The molecule has 1 fully saturated rings. The maximum atomic E-state index is 11.0. The van der Waals surface area contributed by atoms with E-state index in [4.69, 9.17) is 4.74 Å². The molecule has 1 heterocycles. The van der Waals surface area contributed by atoms with Crippen molar-refractivity contribution in [2.24, 2.45) is 0 Å². The molecule has 1 aromatic heterocycles. The fourth-order valence-electron chi connectivity index (χ4n) is 1.75. The molecule has 1 aromatic rings. The van der Waals surface area contributed by atoms with Crippen LogP contribution in [0.4, 0.5) is 0 Å². The van der Waals surface area contributed by atoms with E-state index in [9.17, 15) is 4.79 Å². The summed E-state index contributed by atoms with van der Waals surface area (Å²) in [6.07, 6.45) is 7.55. The van der Waals surface area contributed by atoms with Gasteiger partial charge in [0.1, 0.15) is 6.10 Å². The molecule has 0 unspecified atom stereocenters. The molecule has 0 amide bonds. The Bertz CT molecular complexity index is 342. The second-order valence-corrected chi connectivity index (χ2v) is 3.62. The zero-order chi connectivity index (χ0) is 9.80. The standard InChI is InChI=1S/C10H14N2O2/c13-9-6-7-11-10(12-9)14-8-4-2-1-3-5-8/h6-8H,1-5H2,(H,11,12,13). The van der Waals surface area contributed by atoms with Gasteiger partial charge in [-0.1, -0.05) is 6.42 Å². The summed E-state index contributed by atoms with van der Waals surface area (Å²) in [4.78, 5) is 17.5. The number of rotatable bonds is 2. The van der Waals surface area contributed by atoms with Crippen molar-refractivity contribution in [1.29, 1.82) is 0 Å². The molecular weight excluding hydrogens is 180 g/mol. The Kier molecular flexibility index (Phi) is 2.81. The van der Waals surface area contributed by atoms with Gasteiger partial charge in [-0.15, -0.1) is 0 Å². The third-order valence-corrected chi connectivity index (χ3v) is 2.48. The highest BCUT2D eigenvalue weighted by Gasteiger charge is 2.15. The van der Waals surface area contributed by atoms with Gasteiger partial charge in [0.2, 0.25) is 0 Å². The fourth-order valence-corrected chi connectivity index (χ4v) is 1.75. The van der Waals surface area contributed by atoms with Crippen molar-refractivity contribution >= 4 is 0 Å². The summed E-state index contributed by atoms with van der Waals surface area (Å²) in [6.45, 7) is 0. The topological polar surface area (TPSA) is 55.0 Å². The minimum Gasteiger partial charge on any atom is -0.461 e. The van der Waals surface area contributed by atoms with Gasteiger partial charge in [-0.3, -0.25) is 9.78 Å². The van der Waals surface area contributed by atoms with E-state index in [1.165, 1.54) is 31.5 Å². The van der Waals surface area contributed by atoms with Crippen molar-refractivity contribution in [3.63, 3.8) is 0 Å². The third-order valence-electron chi connectivity index (χ3n) is 2.48. The molecule has 2 rings (SSSR count). The van der Waals surface area contributed by atoms with Crippen LogP contribution in [0.3, 0.4) is 0 Å². The van der Waals surface area contributed by atoms with Gasteiger partial charge in [0.05, 0.1) is 0 Å². The van der Waals surface area contributed by atoms with E-state index in [2.05, 4.69) is 9.97 Å². The van der Waals surface area contributed by atoms with Crippen molar-refractivity contribution in [3.05, 3.63) is 22.6 Å². The molecule has 4 heteroatoms. The van der Waals surface area contributed by atoms with Crippen LogP contribution in [0.1, 0.15) is 32.1 Å². The van der Waals surface area contributed by atoms with E-state index in [-0.39, 0.29) is 11.7 Å². The molecule has 1 aliphatic rings. The van der Waals surface area contributed by atoms with Gasteiger partial charge in [-0.2, -0.15) is 0 Å². The van der Waals surface area contributed by atoms with Crippen LogP contribution in [0.5, 0.6) is 6.01 Å². The molecular formula is C10H14N2O2. The lowest BCUT2D eigenvalue weighted by molar-refractivity contribution is 0.141. The summed E-state index contributed by atoms with van der Waals surface area (Å²) in [5.41, 5.74) is -0.161. The van der Waals surface area contributed by atoms with Crippen LogP contribution in [0, 0.1) is 0 Å². The summed E-state index contributed by atoms with van der Waals surface area (Å²) in [5, 5.41) is 0. The highest BCUT2D eigenvalue weighted by molar-refractivity contribution is 4.95. The molecule has 76 valence electrons. The smallest absolute Gasteiger partial charge is 0.296 e. The van der Waals surface area contributed by atoms with Gasteiger partial charge in [0.15, 0.2) is 0 Å². The van der Waals surface area contributed by atoms with Gasteiger partial charge < -0.3 is 4.74 Å². The number of nitrogens with one attached hydrogen (secondary N) is 1. The van der Waals surface area contributed by atoms with E-state index >= 15 is 0 Å². The number of aromatic amines is 1. The summed E-state index contributed by atoms with van der Waals surface area (Å²) in [5.74, 6) is 0. The van der Waals surface area contributed by atoms with Crippen LogP contribution in [-0.4, -0.2) is 16.1 Å². The van der Waals surface area contributed by atoms with Gasteiger partial charge in [-0.05, 0) is 25.7 Å². The molecule has 0 aromatic carbocycles. The first-order valence-electron chi connectivity index (χ1n) is 5.06. The minimum atomic E-state index is -0.161. The van der Waals surface area contributed by atoms with E-state index < -0.39 is 0 Å². The first kappa shape index (κ1) is 9.24.